The number of hydrogen-bond donors (Lipinski definition) is 2. The van der Waals surface area contributed by atoms with Crippen LogP contribution in [0.2, 0.25) is 0 Å². The molecule has 0 saturated carbocycles. The zero-order chi connectivity index (χ0) is 27.2. The van der Waals surface area contributed by atoms with E-state index in [1.165, 1.54) is 12.1 Å². The van der Waals surface area contributed by atoms with E-state index < -0.39 is 41.2 Å². The Bertz CT molecular complexity index is 1420. The van der Waals surface area contributed by atoms with Crippen LogP contribution in [0.4, 0.5) is 42.5 Å². The fourth-order valence-corrected chi connectivity index (χ4v) is 4.27. The van der Waals surface area contributed by atoms with Crippen LogP contribution in [0.3, 0.4) is 0 Å². The number of rotatable bonds is 7. The second kappa shape index (κ2) is 9.45. The predicted molar refractivity (Wildman–Crippen MR) is 123 cm³/mol. The lowest BCUT2D eigenvalue weighted by Crippen LogP contribution is -2.57. The molecule has 4 aromatic rings. The minimum Gasteiger partial charge on any atom is -0.368 e. The highest BCUT2D eigenvalue weighted by atomic mass is 19.4. The number of hydrogen-bond acceptors (Lipinski definition) is 6. The summed E-state index contributed by atoms with van der Waals surface area (Å²) in [6.45, 7) is 1.07. The Kier molecular flexibility index (Phi) is 6.41. The van der Waals surface area contributed by atoms with E-state index in [0.29, 0.717) is 41.2 Å². The number of alkyl halides is 6. The molecule has 5 rings (SSSR count). The summed E-state index contributed by atoms with van der Waals surface area (Å²) in [7, 11) is 1.83. The largest absolute Gasteiger partial charge is 0.435 e. The van der Waals surface area contributed by atoms with Crippen molar-refractivity contribution in [1.82, 2.24) is 29.0 Å². The van der Waals surface area contributed by atoms with Crippen LogP contribution < -0.4 is 10.6 Å². The van der Waals surface area contributed by atoms with Crippen LogP contribution in [0.1, 0.15) is 23.0 Å². The van der Waals surface area contributed by atoms with E-state index in [1.54, 1.807) is 24.5 Å². The van der Waals surface area contributed by atoms with Crippen molar-refractivity contribution in [2.75, 3.05) is 30.3 Å². The van der Waals surface area contributed by atoms with Crippen LogP contribution in [0.5, 0.6) is 0 Å². The number of halogens is 7. The van der Waals surface area contributed by atoms with Gasteiger partial charge in [0.05, 0.1) is 12.1 Å². The van der Waals surface area contributed by atoms with E-state index >= 15 is 0 Å². The molecule has 0 spiro atoms. The van der Waals surface area contributed by atoms with Gasteiger partial charge in [0, 0.05) is 51.2 Å². The second-order valence-corrected chi connectivity index (χ2v) is 8.93. The zero-order valence-electron chi connectivity index (χ0n) is 19.7. The molecule has 1 saturated heterocycles. The van der Waals surface area contributed by atoms with E-state index in [4.69, 9.17) is 0 Å². The highest BCUT2D eigenvalue weighted by molar-refractivity contribution is 5.51. The Morgan fingerprint density at radius 1 is 1.00 bits per heavy atom. The number of benzene rings is 1. The first-order valence-electron chi connectivity index (χ1n) is 11.4. The van der Waals surface area contributed by atoms with E-state index in [-0.39, 0.29) is 18.4 Å². The SMILES string of the molecule is Cn1ccnc1NC1CN(C(CNc2cc(C(F)(F)F)nc3cc(C(F)(F)F)nn23)c2ccc(F)cc2)C1. The molecule has 3 aromatic heterocycles. The van der Waals surface area contributed by atoms with Crippen molar-refractivity contribution in [1.29, 1.82) is 0 Å². The summed E-state index contributed by atoms with van der Waals surface area (Å²) in [5.41, 5.74) is -2.65. The average molecular weight is 542 g/mol. The molecule has 0 amide bonds. The number of imidazole rings is 1. The molecule has 1 atom stereocenters. The van der Waals surface area contributed by atoms with Crippen molar-refractivity contribution < 1.29 is 30.7 Å². The first kappa shape index (κ1) is 25.8. The maximum Gasteiger partial charge on any atom is 0.435 e. The standard InChI is InChI=1S/C23H21F7N8/c1-36-7-6-31-21(36)33-15-11-37(12-15)16(13-2-4-14(24)5-3-13)10-32-19-8-17(22(25,26)27)34-20-9-18(23(28,29)30)35-38(19)20/h2-9,15-16,32H,10-12H2,1H3,(H,31,33). The van der Waals surface area contributed by atoms with Crippen molar-refractivity contribution in [2.24, 2.45) is 7.05 Å². The van der Waals surface area contributed by atoms with E-state index in [1.807, 2.05) is 16.5 Å². The lowest BCUT2D eigenvalue weighted by Gasteiger charge is -2.45. The van der Waals surface area contributed by atoms with Crippen molar-refractivity contribution in [3.8, 4) is 0 Å². The summed E-state index contributed by atoms with van der Waals surface area (Å²) < 4.78 is 96.1. The van der Waals surface area contributed by atoms with Gasteiger partial charge in [-0.15, -0.1) is 0 Å². The number of aryl methyl sites for hydroxylation is 1. The quantitative estimate of drug-likeness (QED) is 0.333. The van der Waals surface area contributed by atoms with Gasteiger partial charge in [0.15, 0.2) is 17.0 Å². The maximum absolute atomic E-state index is 13.6. The maximum atomic E-state index is 13.6. The summed E-state index contributed by atoms with van der Waals surface area (Å²) >= 11 is 0. The first-order valence-corrected chi connectivity index (χ1v) is 11.4. The van der Waals surface area contributed by atoms with Gasteiger partial charge in [0.1, 0.15) is 11.6 Å². The Morgan fingerprint density at radius 2 is 1.68 bits per heavy atom. The molecule has 0 radical (unpaired) electrons. The molecule has 1 aromatic carbocycles. The van der Waals surface area contributed by atoms with Crippen molar-refractivity contribution in [3.05, 3.63) is 71.6 Å². The molecule has 1 unspecified atom stereocenters. The lowest BCUT2D eigenvalue weighted by molar-refractivity contribution is -0.142. The summed E-state index contributed by atoms with van der Waals surface area (Å²) in [6, 6.07) is 6.31. The van der Waals surface area contributed by atoms with Crippen molar-refractivity contribution in [2.45, 2.75) is 24.4 Å². The van der Waals surface area contributed by atoms with Gasteiger partial charge in [-0.05, 0) is 17.7 Å². The Labute approximate surface area is 211 Å². The Balaban J connectivity index is 1.41. The topological polar surface area (TPSA) is 75.3 Å². The van der Waals surface area contributed by atoms with E-state index in [2.05, 4.69) is 25.7 Å². The molecule has 8 nitrogen and oxygen atoms in total. The van der Waals surface area contributed by atoms with Crippen LogP contribution in [-0.2, 0) is 19.4 Å². The number of nitrogens with zero attached hydrogens (tertiary/aromatic N) is 6. The molecule has 0 bridgehead atoms. The summed E-state index contributed by atoms with van der Waals surface area (Å²) in [4.78, 5) is 9.55. The smallest absolute Gasteiger partial charge is 0.368 e. The summed E-state index contributed by atoms with van der Waals surface area (Å²) in [6.07, 6.45) is -6.33. The van der Waals surface area contributed by atoms with Gasteiger partial charge in [-0.1, -0.05) is 12.1 Å². The molecule has 1 aliphatic rings. The fraction of sp³-hybridized carbons (Fsp3) is 0.348. The fourth-order valence-electron chi connectivity index (χ4n) is 4.27. The minimum absolute atomic E-state index is 0.00161. The zero-order valence-corrected chi connectivity index (χ0v) is 19.7. The van der Waals surface area contributed by atoms with Crippen molar-refractivity contribution in [3.63, 3.8) is 0 Å². The molecule has 4 heterocycles. The molecule has 15 heteroatoms. The van der Waals surface area contributed by atoms with E-state index in [0.717, 1.165) is 0 Å². The number of anilines is 2. The summed E-state index contributed by atoms with van der Waals surface area (Å²) in [5.74, 6) is -0.0995. The van der Waals surface area contributed by atoms with Gasteiger partial charge in [-0.3, -0.25) is 4.90 Å². The second-order valence-electron chi connectivity index (χ2n) is 8.93. The van der Waals surface area contributed by atoms with Crippen molar-refractivity contribution >= 4 is 17.4 Å². The normalized spacial score (nSPS) is 16.0. The summed E-state index contributed by atoms with van der Waals surface area (Å²) in [5, 5.41) is 9.53. The molecule has 38 heavy (non-hydrogen) atoms. The van der Waals surface area contributed by atoms with Crippen LogP contribution in [0.15, 0.2) is 48.8 Å². The molecular weight excluding hydrogens is 521 g/mol. The highest BCUT2D eigenvalue weighted by Crippen LogP contribution is 2.34. The Hall–Kier alpha value is -3.88. The molecule has 1 aliphatic heterocycles. The first-order chi connectivity index (χ1) is 17.9. The van der Waals surface area contributed by atoms with Gasteiger partial charge >= 0.3 is 12.4 Å². The van der Waals surface area contributed by atoms with Gasteiger partial charge in [0.2, 0.25) is 5.95 Å². The van der Waals surface area contributed by atoms with Gasteiger partial charge in [0.25, 0.3) is 0 Å². The molecule has 0 aliphatic carbocycles. The third kappa shape index (κ3) is 5.23. The minimum atomic E-state index is -4.89. The van der Waals surface area contributed by atoms with Crippen LogP contribution in [-0.4, -0.2) is 54.7 Å². The third-order valence-electron chi connectivity index (χ3n) is 6.24. The monoisotopic (exact) mass is 542 g/mol. The van der Waals surface area contributed by atoms with Gasteiger partial charge < -0.3 is 15.2 Å². The Morgan fingerprint density at radius 3 is 2.29 bits per heavy atom. The predicted octanol–water partition coefficient (Wildman–Crippen LogP) is 4.59. The number of aromatic nitrogens is 5. The highest BCUT2D eigenvalue weighted by Gasteiger charge is 2.38. The van der Waals surface area contributed by atoms with Crippen LogP contribution >= 0.6 is 0 Å². The number of nitrogens with one attached hydrogen (secondary N) is 2. The molecular formula is C23H21F7N8. The van der Waals surface area contributed by atoms with Gasteiger partial charge in [-0.25, -0.2) is 14.4 Å². The average Bonchev–Trinajstić information content (AvgIpc) is 3.43. The number of fused-ring (bicyclic) bond motifs is 1. The van der Waals surface area contributed by atoms with E-state index in [9.17, 15) is 30.7 Å². The molecule has 2 N–H and O–H groups in total. The van der Waals surface area contributed by atoms with Crippen LogP contribution in [0, 0.1) is 5.82 Å². The van der Waals surface area contributed by atoms with Crippen LogP contribution in [0.25, 0.3) is 5.65 Å². The molecule has 1 fully saturated rings. The third-order valence-corrected chi connectivity index (χ3v) is 6.24. The van der Waals surface area contributed by atoms with Gasteiger partial charge in [-0.2, -0.15) is 36.0 Å². The lowest BCUT2D eigenvalue weighted by atomic mass is 9.99. The number of likely N-dealkylation sites (tertiary alicyclic amines) is 1. The molecule has 202 valence electrons.